The van der Waals surface area contributed by atoms with E-state index in [-0.39, 0.29) is 0 Å². The van der Waals surface area contributed by atoms with Crippen LogP contribution in [0.1, 0.15) is 11.6 Å². The van der Waals surface area contributed by atoms with Crippen molar-refractivity contribution in [3.05, 3.63) is 48.2 Å². The topological polar surface area (TPSA) is 56.2 Å². The zero-order valence-electron chi connectivity index (χ0n) is 11.6. The van der Waals surface area contributed by atoms with Crippen LogP contribution in [0.4, 0.5) is 0 Å². The Morgan fingerprint density at radius 3 is 2.76 bits per heavy atom. The summed E-state index contributed by atoms with van der Waals surface area (Å²) in [5.74, 6) is 1.73. The normalized spacial score (nSPS) is 11.5. The summed E-state index contributed by atoms with van der Waals surface area (Å²) in [5, 5.41) is 9.30. The van der Waals surface area contributed by atoms with Gasteiger partial charge in [-0.05, 0) is 32.0 Å². The number of hydrogen-bond donors (Lipinski definition) is 0. The molecule has 5 nitrogen and oxygen atoms in total. The van der Waals surface area contributed by atoms with E-state index in [1.807, 2.05) is 48.6 Å². The second-order valence-corrected chi connectivity index (χ2v) is 5.79. The zero-order valence-corrected chi connectivity index (χ0v) is 12.4. The number of benzene rings is 1. The van der Waals surface area contributed by atoms with Crippen molar-refractivity contribution in [1.29, 1.82) is 0 Å². The fraction of sp³-hybridized carbons (Fsp3) is 0.133. The Hall–Kier alpha value is -2.34. The van der Waals surface area contributed by atoms with Gasteiger partial charge in [0.2, 0.25) is 0 Å². The molecule has 4 aromatic rings. The fourth-order valence-corrected chi connectivity index (χ4v) is 3.24. The minimum Gasteiger partial charge on any atom is -0.468 e. The first-order chi connectivity index (χ1) is 10.2. The molecular weight excluding hydrogens is 284 g/mol. The number of aryl methyl sites for hydroxylation is 2. The van der Waals surface area contributed by atoms with Gasteiger partial charge in [0.15, 0.2) is 5.65 Å². The van der Waals surface area contributed by atoms with Gasteiger partial charge in [0, 0.05) is 0 Å². The highest BCUT2D eigenvalue weighted by Gasteiger charge is 2.15. The lowest BCUT2D eigenvalue weighted by Crippen LogP contribution is -1.96. The molecule has 1 aromatic carbocycles. The molecule has 0 aliphatic carbocycles. The van der Waals surface area contributed by atoms with Crippen molar-refractivity contribution in [2.45, 2.75) is 23.8 Å². The molecular formula is C15H12N4OS. The van der Waals surface area contributed by atoms with Crippen molar-refractivity contribution in [3.63, 3.8) is 0 Å². The van der Waals surface area contributed by atoms with Crippen LogP contribution in [0.3, 0.4) is 0 Å². The summed E-state index contributed by atoms with van der Waals surface area (Å²) < 4.78 is 7.39. The number of rotatable bonds is 2. The predicted octanol–water partition coefficient (Wildman–Crippen LogP) is 3.64. The maximum Gasteiger partial charge on any atom is 0.194 e. The van der Waals surface area contributed by atoms with Crippen molar-refractivity contribution >= 4 is 28.4 Å². The van der Waals surface area contributed by atoms with E-state index in [1.165, 1.54) is 0 Å². The van der Waals surface area contributed by atoms with E-state index >= 15 is 0 Å². The summed E-state index contributed by atoms with van der Waals surface area (Å²) in [6.45, 7) is 3.89. The van der Waals surface area contributed by atoms with Gasteiger partial charge in [-0.2, -0.15) is 0 Å². The van der Waals surface area contributed by atoms with E-state index < -0.39 is 0 Å². The maximum absolute atomic E-state index is 5.35. The molecule has 0 saturated carbocycles. The Kier molecular flexibility index (Phi) is 2.71. The molecule has 104 valence electrons. The van der Waals surface area contributed by atoms with E-state index in [2.05, 4.69) is 10.2 Å². The minimum absolute atomic E-state index is 0.775. The van der Waals surface area contributed by atoms with Crippen molar-refractivity contribution in [3.8, 4) is 0 Å². The third-order valence-corrected chi connectivity index (χ3v) is 4.49. The molecule has 0 N–H and O–H groups in total. The van der Waals surface area contributed by atoms with Crippen LogP contribution in [-0.2, 0) is 0 Å². The van der Waals surface area contributed by atoms with Crippen LogP contribution in [0.25, 0.3) is 16.7 Å². The number of furan rings is 1. The average Bonchev–Trinajstić information content (AvgIpc) is 3.07. The molecule has 0 atom stereocenters. The Morgan fingerprint density at radius 1 is 1.10 bits per heavy atom. The van der Waals surface area contributed by atoms with Gasteiger partial charge in [-0.3, -0.25) is 4.40 Å². The number of aromatic nitrogens is 4. The summed E-state index contributed by atoms with van der Waals surface area (Å²) in [5.41, 5.74) is 2.72. The van der Waals surface area contributed by atoms with E-state index in [0.29, 0.717) is 0 Å². The first-order valence-corrected chi connectivity index (χ1v) is 7.38. The molecule has 0 spiro atoms. The Morgan fingerprint density at radius 2 is 1.95 bits per heavy atom. The van der Waals surface area contributed by atoms with E-state index in [1.54, 1.807) is 18.0 Å². The molecule has 3 heterocycles. The van der Waals surface area contributed by atoms with Crippen LogP contribution in [0.15, 0.2) is 50.9 Å². The molecule has 0 bridgehead atoms. The second kappa shape index (κ2) is 4.60. The van der Waals surface area contributed by atoms with Crippen LogP contribution in [0.5, 0.6) is 0 Å². The lowest BCUT2D eigenvalue weighted by molar-refractivity contribution is 0.527. The minimum atomic E-state index is 0.775. The van der Waals surface area contributed by atoms with Gasteiger partial charge in [0.1, 0.15) is 16.6 Å². The van der Waals surface area contributed by atoms with Gasteiger partial charge >= 0.3 is 0 Å². The molecule has 0 radical (unpaired) electrons. The lowest BCUT2D eigenvalue weighted by atomic mass is 10.3. The highest BCUT2D eigenvalue weighted by Crippen LogP contribution is 2.33. The van der Waals surface area contributed by atoms with Crippen molar-refractivity contribution in [1.82, 2.24) is 19.6 Å². The fourth-order valence-electron chi connectivity index (χ4n) is 2.35. The van der Waals surface area contributed by atoms with Crippen LogP contribution < -0.4 is 0 Å². The van der Waals surface area contributed by atoms with Crippen LogP contribution in [-0.4, -0.2) is 19.6 Å². The largest absolute Gasteiger partial charge is 0.468 e. The summed E-state index contributed by atoms with van der Waals surface area (Å²) in [4.78, 5) is 5.77. The maximum atomic E-state index is 5.35. The SMILES string of the molecule is Cc1occc1Sc1nc2ccccc2n2c(C)nnc12. The highest BCUT2D eigenvalue weighted by atomic mass is 32.2. The Bertz CT molecular complexity index is 957. The molecule has 3 aromatic heterocycles. The molecule has 0 fully saturated rings. The Balaban J connectivity index is 2.01. The number of hydrogen-bond acceptors (Lipinski definition) is 5. The van der Waals surface area contributed by atoms with Crippen LogP contribution in [0.2, 0.25) is 0 Å². The average molecular weight is 296 g/mol. The first kappa shape index (κ1) is 12.4. The Labute approximate surface area is 125 Å². The number of fused-ring (bicyclic) bond motifs is 3. The monoisotopic (exact) mass is 296 g/mol. The van der Waals surface area contributed by atoms with E-state index in [4.69, 9.17) is 9.40 Å². The highest BCUT2D eigenvalue weighted by molar-refractivity contribution is 7.99. The van der Waals surface area contributed by atoms with Gasteiger partial charge in [-0.15, -0.1) is 10.2 Å². The van der Waals surface area contributed by atoms with E-state index in [0.717, 1.165) is 38.2 Å². The predicted molar refractivity (Wildman–Crippen MR) is 80.6 cm³/mol. The van der Waals surface area contributed by atoms with Gasteiger partial charge in [-0.25, -0.2) is 4.98 Å². The molecule has 21 heavy (non-hydrogen) atoms. The molecule has 4 rings (SSSR count). The molecule has 0 aliphatic rings. The van der Waals surface area contributed by atoms with Gasteiger partial charge < -0.3 is 4.42 Å². The summed E-state index contributed by atoms with van der Waals surface area (Å²) in [6.07, 6.45) is 1.69. The molecule has 0 unspecified atom stereocenters. The molecule has 0 amide bonds. The molecule has 0 aliphatic heterocycles. The van der Waals surface area contributed by atoms with Crippen LogP contribution >= 0.6 is 11.8 Å². The van der Waals surface area contributed by atoms with Crippen LogP contribution in [0, 0.1) is 13.8 Å². The summed E-state index contributed by atoms with van der Waals surface area (Å²) in [6, 6.07) is 9.95. The second-order valence-electron chi connectivity index (χ2n) is 4.76. The lowest BCUT2D eigenvalue weighted by Gasteiger charge is -2.06. The van der Waals surface area contributed by atoms with Crippen molar-refractivity contribution in [2.24, 2.45) is 0 Å². The summed E-state index contributed by atoms with van der Waals surface area (Å²) >= 11 is 1.55. The first-order valence-electron chi connectivity index (χ1n) is 6.56. The smallest absolute Gasteiger partial charge is 0.194 e. The van der Waals surface area contributed by atoms with Crippen molar-refractivity contribution in [2.75, 3.05) is 0 Å². The van der Waals surface area contributed by atoms with E-state index in [9.17, 15) is 0 Å². The van der Waals surface area contributed by atoms with Crippen molar-refractivity contribution < 1.29 is 4.42 Å². The molecule has 6 heteroatoms. The zero-order chi connectivity index (χ0) is 14.4. The number of nitrogens with zero attached hydrogens (tertiary/aromatic N) is 4. The number of para-hydroxylation sites is 2. The quantitative estimate of drug-likeness (QED) is 0.565. The third-order valence-electron chi connectivity index (χ3n) is 3.38. The van der Waals surface area contributed by atoms with Gasteiger partial charge in [0.05, 0.1) is 22.2 Å². The third kappa shape index (κ3) is 1.91. The molecule has 0 saturated heterocycles. The summed E-state index contributed by atoms with van der Waals surface area (Å²) in [7, 11) is 0. The standard InChI is InChI=1S/C15H12N4OS/c1-9-13(7-8-20-9)21-15-14-18-17-10(2)19(14)12-6-4-3-5-11(12)16-15/h3-8H,1-2H3. The van der Waals surface area contributed by atoms with Gasteiger partial charge in [0.25, 0.3) is 0 Å². The van der Waals surface area contributed by atoms with Gasteiger partial charge in [-0.1, -0.05) is 23.9 Å².